The van der Waals surface area contributed by atoms with Crippen molar-refractivity contribution in [3.8, 4) is 0 Å². The van der Waals surface area contributed by atoms with Crippen molar-refractivity contribution in [2.45, 2.75) is 13.3 Å². The number of hydrogen-bond donors (Lipinski definition) is 0. The zero-order valence-corrected chi connectivity index (χ0v) is 9.54. The van der Waals surface area contributed by atoms with Crippen LogP contribution in [0.15, 0.2) is 53.8 Å². The van der Waals surface area contributed by atoms with Gasteiger partial charge in [-0.3, -0.25) is 4.42 Å². The van der Waals surface area contributed by atoms with Crippen LogP contribution in [0.4, 0.5) is 0 Å². The second-order valence-corrected chi connectivity index (χ2v) is 4.15. The minimum absolute atomic E-state index is 0.793. The summed E-state index contributed by atoms with van der Waals surface area (Å²) < 4.78 is 1.79. The van der Waals surface area contributed by atoms with Gasteiger partial charge in [0.2, 0.25) is 0 Å². The van der Waals surface area contributed by atoms with Crippen LogP contribution in [0, 0.1) is 0 Å². The van der Waals surface area contributed by atoms with E-state index in [0.29, 0.717) is 0 Å². The average Bonchev–Trinajstić information content (AvgIpc) is 2.25. The third-order valence-corrected chi connectivity index (χ3v) is 2.94. The molecule has 0 aliphatic carbocycles. The summed E-state index contributed by atoms with van der Waals surface area (Å²) in [5.74, 6) is 0. The minimum atomic E-state index is 0.793. The van der Waals surface area contributed by atoms with Gasteiger partial charge in [0.1, 0.15) is 0 Å². The summed E-state index contributed by atoms with van der Waals surface area (Å²) in [6.45, 7) is 2.89. The van der Waals surface area contributed by atoms with Crippen LogP contribution in [-0.2, 0) is 6.42 Å². The van der Waals surface area contributed by atoms with E-state index in [4.69, 9.17) is 11.8 Å². The monoisotopic (exact) mass is 219 g/mol. The molecule has 0 spiro atoms. The molecule has 15 heavy (non-hydrogen) atoms. The lowest BCUT2D eigenvalue weighted by atomic mass is 10.0. The summed E-state index contributed by atoms with van der Waals surface area (Å²) >= 11 is 6.15. The van der Waals surface area contributed by atoms with Crippen LogP contribution >= 0.6 is 11.8 Å². The maximum absolute atomic E-state index is 6.15. The molecule has 1 heterocycles. The zero-order chi connectivity index (χ0) is 10.7. The van der Waals surface area contributed by atoms with Gasteiger partial charge >= 0.3 is 0 Å². The van der Waals surface area contributed by atoms with Gasteiger partial charge < -0.3 is 0 Å². The molecule has 0 atom stereocenters. The fraction of sp³-hybridized carbons (Fsp3) is 0.231. The first-order valence-electron chi connectivity index (χ1n) is 5.11. The van der Waals surface area contributed by atoms with E-state index >= 15 is 0 Å². The molecular weight excluding hydrogens is 206 g/mol. The topological polar surface area (TPSA) is 3.24 Å². The fourth-order valence-corrected chi connectivity index (χ4v) is 2.01. The standard InChI is InChI=1S/C13H14ClN/c1-11-6-5-9-15(14)13(11)10-12-7-3-2-4-8-12/h2-8H,9-10H2,1H3. The predicted molar refractivity (Wildman–Crippen MR) is 64.5 cm³/mol. The van der Waals surface area contributed by atoms with Crippen molar-refractivity contribution in [3.05, 3.63) is 59.3 Å². The highest BCUT2D eigenvalue weighted by atomic mass is 35.5. The number of hydrogen-bond acceptors (Lipinski definition) is 1. The molecule has 0 N–H and O–H groups in total. The molecule has 1 aromatic carbocycles. The molecule has 0 saturated heterocycles. The molecule has 1 nitrogen and oxygen atoms in total. The minimum Gasteiger partial charge on any atom is -0.285 e. The van der Waals surface area contributed by atoms with Crippen LogP contribution in [0.2, 0.25) is 0 Å². The summed E-state index contributed by atoms with van der Waals surface area (Å²) in [6.07, 6.45) is 5.12. The summed E-state index contributed by atoms with van der Waals surface area (Å²) in [7, 11) is 0. The molecule has 1 aliphatic rings. The van der Waals surface area contributed by atoms with E-state index in [1.165, 1.54) is 16.8 Å². The molecular formula is C13H14ClN. The molecule has 78 valence electrons. The Hall–Kier alpha value is -1.21. The first-order valence-corrected chi connectivity index (χ1v) is 5.44. The maximum Gasteiger partial charge on any atom is 0.0529 e. The van der Waals surface area contributed by atoms with E-state index in [2.05, 4.69) is 43.3 Å². The lowest BCUT2D eigenvalue weighted by molar-refractivity contribution is 0.583. The molecule has 1 aromatic rings. The van der Waals surface area contributed by atoms with Crippen LogP contribution in [0.5, 0.6) is 0 Å². The molecule has 0 bridgehead atoms. The highest BCUT2D eigenvalue weighted by molar-refractivity contribution is 6.14. The number of rotatable bonds is 2. The summed E-state index contributed by atoms with van der Waals surface area (Å²) in [6, 6.07) is 10.4. The van der Waals surface area contributed by atoms with Gasteiger partial charge in [-0.1, -0.05) is 42.5 Å². The second-order valence-electron chi connectivity index (χ2n) is 3.74. The Morgan fingerprint density at radius 1 is 1.27 bits per heavy atom. The Kier molecular flexibility index (Phi) is 3.12. The molecule has 0 saturated carbocycles. The third kappa shape index (κ3) is 2.42. The SMILES string of the molecule is CC1=C(Cc2ccccc2)N(Cl)CC=C1. The van der Waals surface area contributed by atoms with E-state index in [1.54, 1.807) is 4.42 Å². The highest BCUT2D eigenvalue weighted by Crippen LogP contribution is 2.22. The largest absolute Gasteiger partial charge is 0.285 e. The van der Waals surface area contributed by atoms with Crippen molar-refractivity contribution < 1.29 is 0 Å². The predicted octanol–water partition coefficient (Wildman–Crippen LogP) is 3.53. The Morgan fingerprint density at radius 3 is 2.67 bits per heavy atom. The van der Waals surface area contributed by atoms with Crippen LogP contribution in [0.1, 0.15) is 12.5 Å². The van der Waals surface area contributed by atoms with E-state index < -0.39 is 0 Å². The Balaban J connectivity index is 2.21. The summed E-state index contributed by atoms with van der Waals surface area (Å²) in [5, 5.41) is 0. The van der Waals surface area contributed by atoms with Crippen LogP contribution in [-0.4, -0.2) is 11.0 Å². The van der Waals surface area contributed by atoms with Crippen LogP contribution in [0.3, 0.4) is 0 Å². The van der Waals surface area contributed by atoms with Gasteiger partial charge in [0.25, 0.3) is 0 Å². The zero-order valence-electron chi connectivity index (χ0n) is 8.78. The second kappa shape index (κ2) is 4.54. The summed E-state index contributed by atoms with van der Waals surface area (Å²) in [5.41, 5.74) is 3.75. The number of allylic oxidation sites excluding steroid dienone is 3. The van der Waals surface area contributed by atoms with Crippen LogP contribution in [0.25, 0.3) is 0 Å². The normalized spacial score (nSPS) is 16.0. The lowest BCUT2D eigenvalue weighted by Gasteiger charge is -2.23. The van der Waals surface area contributed by atoms with E-state index in [1.807, 2.05) is 6.07 Å². The first-order chi connectivity index (χ1) is 7.27. The molecule has 0 amide bonds. The van der Waals surface area contributed by atoms with Crippen molar-refractivity contribution in [3.63, 3.8) is 0 Å². The van der Waals surface area contributed by atoms with Crippen molar-refractivity contribution in [1.82, 2.24) is 4.42 Å². The Bertz CT molecular complexity index is 392. The van der Waals surface area contributed by atoms with Gasteiger partial charge in [-0.15, -0.1) is 0 Å². The van der Waals surface area contributed by atoms with Crippen molar-refractivity contribution in [2.24, 2.45) is 0 Å². The van der Waals surface area contributed by atoms with Gasteiger partial charge in [0, 0.05) is 23.9 Å². The molecule has 0 unspecified atom stereocenters. The maximum atomic E-state index is 6.15. The highest BCUT2D eigenvalue weighted by Gasteiger charge is 2.12. The third-order valence-electron chi connectivity index (χ3n) is 2.60. The fourth-order valence-electron chi connectivity index (χ4n) is 1.73. The number of nitrogens with zero attached hydrogens (tertiary/aromatic N) is 1. The quantitative estimate of drug-likeness (QED) is 0.688. The van der Waals surface area contributed by atoms with Crippen molar-refractivity contribution >= 4 is 11.8 Å². The van der Waals surface area contributed by atoms with Crippen LogP contribution < -0.4 is 0 Å². The average molecular weight is 220 g/mol. The summed E-state index contributed by atoms with van der Waals surface area (Å²) in [4.78, 5) is 0. The molecule has 0 radical (unpaired) electrons. The van der Waals surface area contributed by atoms with Crippen molar-refractivity contribution in [1.29, 1.82) is 0 Å². The number of halogens is 1. The van der Waals surface area contributed by atoms with Gasteiger partial charge in [0.05, 0.1) is 6.54 Å². The lowest BCUT2D eigenvalue weighted by Crippen LogP contribution is -2.17. The molecule has 2 heteroatoms. The van der Waals surface area contributed by atoms with Crippen molar-refractivity contribution in [2.75, 3.05) is 6.54 Å². The van der Waals surface area contributed by atoms with Gasteiger partial charge in [-0.2, -0.15) is 0 Å². The number of benzene rings is 1. The molecule has 0 aromatic heterocycles. The van der Waals surface area contributed by atoms with E-state index in [-0.39, 0.29) is 0 Å². The molecule has 0 fully saturated rings. The first kappa shape index (κ1) is 10.3. The molecule has 1 aliphatic heterocycles. The van der Waals surface area contributed by atoms with Gasteiger partial charge in [0.15, 0.2) is 0 Å². The van der Waals surface area contributed by atoms with E-state index in [0.717, 1.165) is 13.0 Å². The van der Waals surface area contributed by atoms with Gasteiger partial charge in [-0.25, -0.2) is 0 Å². The van der Waals surface area contributed by atoms with Gasteiger partial charge in [-0.05, 0) is 18.1 Å². The van der Waals surface area contributed by atoms with E-state index in [9.17, 15) is 0 Å². The molecule has 2 rings (SSSR count). The Labute approximate surface area is 95.8 Å². The Morgan fingerprint density at radius 2 is 2.00 bits per heavy atom. The smallest absolute Gasteiger partial charge is 0.0529 e.